The minimum Gasteiger partial charge on any atom is -0.497 e. The summed E-state index contributed by atoms with van der Waals surface area (Å²) in [6.07, 6.45) is 8.38. The maximum absolute atomic E-state index is 12.9. The standard InChI is InChI=1S/C23H24N2O5/c1-28-18-11-9-16(10-12-18)19-14-20(21-8-5-13-29-21)25(24-19)22(26)15-30-23(27)17-6-3-2-4-7-17/h2-3,5,8-13,17,20H,4,6-7,14-15H2,1H3/t17-,20+/m0/s1. The number of benzene rings is 1. The van der Waals surface area contributed by atoms with Crippen LogP contribution in [0.15, 0.2) is 64.3 Å². The van der Waals surface area contributed by atoms with Crippen LogP contribution in [0.1, 0.15) is 43.0 Å². The Morgan fingerprint density at radius 1 is 1.20 bits per heavy atom. The third-order valence-corrected chi connectivity index (χ3v) is 5.40. The van der Waals surface area contributed by atoms with E-state index in [0.29, 0.717) is 18.6 Å². The van der Waals surface area contributed by atoms with Gasteiger partial charge in [-0.3, -0.25) is 9.59 Å². The molecule has 4 rings (SSSR count). The number of allylic oxidation sites excluding steroid dienone is 2. The van der Waals surface area contributed by atoms with E-state index in [1.807, 2.05) is 36.4 Å². The summed E-state index contributed by atoms with van der Waals surface area (Å²) in [5.74, 6) is 0.498. The van der Waals surface area contributed by atoms with Gasteiger partial charge < -0.3 is 13.9 Å². The number of hydrogen-bond donors (Lipinski definition) is 0. The number of furan rings is 1. The molecule has 2 aliphatic rings. The van der Waals surface area contributed by atoms with Crippen molar-refractivity contribution < 1.29 is 23.5 Å². The van der Waals surface area contributed by atoms with Gasteiger partial charge in [-0.2, -0.15) is 5.10 Å². The third kappa shape index (κ3) is 4.30. The highest BCUT2D eigenvalue weighted by Crippen LogP contribution is 2.33. The normalized spacial score (nSPS) is 20.7. The number of methoxy groups -OCH3 is 1. The molecular weight excluding hydrogens is 384 g/mol. The molecule has 1 aromatic heterocycles. The number of carbonyl (C=O) groups is 2. The predicted molar refractivity (Wildman–Crippen MR) is 110 cm³/mol. The van der Waals surface area contributed by atoms with Crippen molar-refractivity contribution in [1.29, 1.82) is 0 Å². The number of ether oxygens (including phenoxy) is 2. The van der Waals surface area contributed by atoms with Crippen molar-refractivity contribution in [2.75, 3.05) is 13.7 Å². The Morgan fingerprint density at radius 2 is 2.03 bits per heavy atom. The van der Waals surface area contributed by atoms with Crippen molar-refractivity contribution in [2.24, 2.45) is 11.0 Å². The van der Waals surface area contributed by atoms with Crippen LogP contribution in [-0.4, -0.2) is 36.3 Å². The molecule has 1 aliphatic carbocycles. The van der Waals surface area contributed by atoms with Crippen LogP contribution in [0.5, 0.6) is 5.75 Å². The third-order valence-electron chi connectivity index (χ3n) is 5.40. The first-order chi connectivity index (χ1) is 14.7. The zero-order valence-corrected chi connectivity index (χ0v) is 16.8. The highest BCUT2D eigenvalue weighted by Gasteiger charge is 2.35. The van der Waals surface area contributed by atoms with Crippen LogP contribution in [0, 0.1) is 5.92 Å². The topological polar surface area (TPSA) is 81.3 Å². The van der Waals surface area contributed by atoms with Gasteiger partial charge in [0.15, 0.2) is 6.61 Å². The SMILES string of the molecule is COc1ccc(C2=NN(C(=O)COC(=O)[C@H]3CC=CCC3)[C@@H](c3ccco3)C2)cc1. The van der Waals surface area contributed by atoms with Gasteiger partial charge in [0.1, 0.15) is 17.6 Å². The summed E-state index contributed by atoms with van der Waals surface area (Å²) in [6.45, 7) is -0.338. The minimum absolute atomic E-state index is 0.180. The summed E-state index contributed by atoms with van der Waals surface area (Å²) in [6, 6.07) is 10.7. The van der Waals surface area contributed by atoms with Crippen LogP contribution in [0.3, 0.4) is 0 Å². The zero-order chi connectivity index (χ0) is 20.9. The predicted octanol–water partition coefficient (Wildman–Crippen LogP) is 3.87. The van der Waals surface area contributed by atoms with E-state index in [2.05, 4.69) is 11.2 Å². The summed E-state index contributed by atoms with van der Waals surface area (Å²) in [5.41, 5.74) is 1.66. The van der Waals surface area contributed by atoms with Gasteiger partial charge in [-0.25, -0.2) is 5.01 Å². The molecule has 0 N–H and O–H groups in total. The average molecular weight is 408 g/mol. The molecule has 1 amide bonds. The van der Waals surface area contributed by atoms with Crippen molar-refractivity contribution in [3.63, 3.8) is 0 Å². The molecule has 30 heavy (non-hydrogen) atoms. The first kappa shape index (κ1) is 19.9. The number of esters is 1. The Morgan fingerprint density at radius 3 is 2.70 bits per heavy atom. The second kappa shape index (κ2) is 8.98. The summed E-state index contributed by atoms with van der Waals surface area (Å²) >= 11 is 0. The molecule has 0 saturated carbocycles. The number of rotatable bonds is 6. The fourth-order valence-electron chi connectivity index (χ4n) is 3.73. The molecule has 0 spiro atoms. The van der Waals surface area contributed by atoms with Crippen LogP contribution >= 0.6 is 0 Å². The van der Waals surface area contributed by atoms with E-state index in [4.69, 9.17) is 13.9 Å². The van der Waals surface area contributed by atoms with Crippen molar-refractivity contribution in [3.05, 3.63) is 66.1 Å². The molecule has 1 aliphatic heterocycles. The summed E-state index contributed by atoms with van der Waals surface area (Å²) in [7, 11) is 1.61. The lowest BCUT2D eigenvalue weighted by Gasteiger charge is -2.21. The number of nitrogens with zero attached hydrogens (tertiary/aromatic N) is 2. The molecule has 0 fully saturated rings. The highest BCUT2D eigenvalue weighted by atomic mass is 16.5. The lowest BCUT2D eigenvalue weighted by atomic mass is 9.95. The number of carbonyl (C=O) groups excluding carboxylic acids is 2. The Kier molecular flexibility index (Phi) is 5.97. The lowest BCUT2D eigenvalue weighted by molar-refractivity contribution is -0.156. The van der Waals surface area contributed by atoms with Crippen LogP contribution in [0.4, 0.5) is 0 Å². The summed E-state index contributed by atoms with van der Waals surface area (Å²) in [5, 5.41) is 5.91. The number of hydrogen-bond acceptors (Lipinski definition) is 6. The molecule has 156 valence electrons. The second-order valence-electron chi connectivity index (χ2n) is 7.34. The van der Waals surface area contributed by atoms with Crippen molar-refractivity contribution >= 4 is 17.6 Å². The largest absolute Gasteiger partial charge is 0.497 e. The lowest BCUT2D eigenvalue weighted by Crippen LogP contribution is -2.32. The van der Waals surface area contributed by atoms with E-state index in [1.54, 1.807) is 19.4 Å². The van der Waals surface area contributed by atoms with Gasteiger partial charge in [0, 0.05) is 6.42 Å². The van der Waals surface area contributed by atoms with Gasteiger partial charge in [0.05, 0.1) is 25.0 Å². The maximum atomic E-state index is 12.9. The quantitative estimate of drug-likeness (QED) is 0.535. The van der Waals surface area contributed by atoms with E-state index in [-0.39, 0.29) is 30.4 Å². The fraction of sp³-hybridized carbons (Fsp3) is 0.348. The van der Waals surface area contributed by atoms with Gasteiger partial charge in [-0.1, -0.05) is 12.2 Å². The molecule has 0 saturated heterocycles. The van der Waals surface area contributed by atoms with Crippen molar-refractivity contribution in [2.45, 2.75) is 31.7 Å². The molecular formula is C23H24N2O5. The average Bonchev–Trinajstić information content (AvgIpc) is 3.48. The van der Waals surface area contributed by atoms with E-state index < -0.39 is 0 Å². The molecule has 0 bridgehead atoms. The Hall–Kier alpha value is -3.35. The second-order valence-corrected chi connectivity index (χ2v) is 7.34. The zero-order valence-electron chi connectivity index (χ0n) is 16.8. The van der Waals surface area contributed by atoms with Gasteiger partial charge in [-0.15, -0.1) is 0 Å². The smallest absolute Gasteiger partial charge is 0.309 e. The van der Waals surface area contributed by atoms with Gasteiger partial charge in [0.25, 0.3) is 5.91 Å². The van der Waals surface area contributed by atoms with E-state index in [1.165, 1.54) is 5.01 Å². The number of hydrazone groups is 1. The highest BCUT2D eigenvalue weighted by molar-refractivity contribution is 6.03. The van der Waals surface area contributed by atoms with Crippen LogP contribution in [0.25, 0.3) is 0 Å². The maximum Gasteiger partial charge on any atom is 0.309 e. The Balaban J connectivity index is 1.48. The monoisotopic (exact) mass is 408 g/mol. The Labute approximate surface area is 175 Å². The summed E-state index contributed by atoms with van der Waals surface area (Å²) in [4.78, 5) is 25.2. The van der Waals surface area contributed by atoms with Gasteiger partial charge in [-0.05, 0) is 61.2 Å². The van der Waals surface area contributed by atoms with Crippen LogP contribution in [-0.2, 0) is 14.3 Å². The number of amides is 1. The van der Waals surface area contributed by atoms with Gasteiger partial charge in [0.2, 0.25) is 0 Å². The first-order valence-corrected chi connectivity index (χ1v) is 10.0. The fourth-order valence-corrected chi connectivity index (χ4v) is 3.73. The first-order valence-electron chi connectivity index (χ1n) is 10.0. The van der Waals surface area contributed by atoms with Crippen molar-refractivity contribution in [1.82, 2.24) is 5.01 Å². The minimum atomic E-state index is -0.375. The van der Waals surface area contributed by atoms with E-state index >= 15 is 0 Å². The molecule has 7 heteroatoms. The van der Waals surface area contributed by atoms with Gasteiger partial charge >= 0.3 is 5.97 Å². The molecule has 2 aromatic rings. The molecule has 7 nitrogen and oxygen atoms in total. The molecule has 2 heterocycles. The molecule has 2 atom stereocenters. The Bertz CT molecular complexity index is 946. The summed E-state index contributed by atoms with van der Waals surface area (Å²) < 4.78 is 16.1. The van der Waals surface area contributed by atoms with E-state index in [9.17, 15) is 9.59 Å². The van der Waals surface area contributed by atoms with Crippen LogP contribution in [0.2, 0.25) is 0 Å². The van der Waals surface area contributed by atoms with Crippen molar-refractivity contribution in [3.8, 4) is 5.75 Å². The molecule has 1 aromatic carbocycles. The van der Waals surface area contributed by atoms with E-state index in [0.717, 1.165) is 29.9 Å². The molecule has 0 radical (unpaired) electrons. The van der Waals surface area contributed by atoms with Crippen LogP contribution < -0.4 is 4.74 Å². The molecule has 0 unspecified atom stereocenters.